The first-order valence-electron chi connectivity index (χ1n) is 6.84. The predicted molar refractivity (Wildman–Crippen MR) is 106 cm³/mol. The predicted octanol–water partition coefficient (Wildman–Crippen LogP) is 2.95. The summed E-state index contributed by atoms with van der Waals surface area (Å²) in [4.78, 5) is 6.47. The summed E-state index contributed by atoms with van der Waals surface area (Å²) in [5.74, 6) is 0.883. The van der Waals surface area contributed by atoms with Crippen molar-refractivity contribution in [3.8, 4) is 0 Å². The molecule has 0 unspecified atom stereocenters. The molecule has 0 atom stereocenters. The van der Waals surface area contributed by atoms with Crippen molar-refractivity contribution in [1.29, 1.82) is 0 Å². The van der Waals surface area contributed by atoms with Gasteiger partial charge in [0.2, 0.25) is 0 Å². The van der Waals surface area contributed by atoms with Crippen LogP contribution in [0.15, 0.2) is 40.1 Å². The van der Waals surface area contributed by atoms with Gasteiger partial charge in [-0.05, 0) is 34.1 Å². The molecule has 0 aliphatic rings. The number of halogens is 2. The Morgan fingerprint density at radius 2 is 2.05 bits per heavy atom. The number of nitrogens with zero attached hydrogens (tertiary/aromatic N) is 4. The minimum atomic E-state index is 0. The molecule has 0 radical (unpaired) electrons. The molecule has 0 saturated heterocycles. The summed E-state index contributed by atoms with van der Waals surface area (Å²) in [5, 5.41) is 3.39. The van der Waals surface area contributed by atoms with Gasteiger partial charge in [-0.2, -0.15) is 0 Å². The summed E-state index contributed by atoms with van der Waals surface area (Å²) >= 11 is 3.50. The topological polar surface area (TPSA) is 37.5 Å². The molecule has 122 valence electrons. The number of hydrogen-bond donors (Lipinski definition) is 1. The van der Waals surface area contributed by atoms with E-state index in [-0.39, 0.29) is 24.0 Å². The van der Waals surface area contributed by atoms with Crippen LogP contribution in [0.2, 0.25) is 0 Å². The number of nitrogens with one attached hydrogen (secondary N) is 1. The summed E-state index contributed by atoms with van der Waals surface area (Å²) in [6.07, 6.45) is 4.11. The van der Waals surface area contributed by atoms with E-state index in [0.29, 0.717) is 0 Å². The van der Waals surface area contributed by atoms with Crippen LogP contribution in [0.4, 0.5) is 0 Å². The van der Waals surface area contributed by atoms with E-state index in [1.165, 1.54) is 11.4 Å². The number of aliphatic imine (C=N–C) groups is 1. The number of guanidine groups is 1. The van der Waals surface area contributed by atoms with E-state index in [1.54, 1.807) is 0 Å². The van der Waals surface area contributed by atoms with E-state index in [4.69, 9.17) is 0 Å². The largest absolute Gasteiger partial charge is 0.353 e. The van der Waals surface area contributed by atoms with E-state index in [0.717, 1.165) is 23.5 Å². The second-order valence-corrected chi connectivity index (χ2v) is 6.04. The van der Waals surface area contributed by atoms with Gasteiger partial charge in [0.25, 0.3) is 0 Å². The van der Waals surface area contributed by atoms with E-state index in [9.17, 15) is 0 Å². The molecular formula is C15H23BrIN5. The van der Waals surface area contributed by atoms with Crippen LogP contribution in [-0.2, 0) is 27.2 Å². The summed E-state index contributed by atoms with van der Waals surface area (Å²) in [5.41, 5.74) is 2.46. The molecule has 0 bridgehead atoms. The Hall–Kier alpha value is -0.960. The molecule has 2 heterocycles. The zero-order valence-electron chi connectivity index (χ0n) is 13.4. The molecule has 2 aromatic rings. The van der Waals surface area contributed by atoms with Crippen LogP contribution in [0.3, 0.4) is 0 Å². The van der Waals surface area contributed by atoms with E-state index >= 15 is 0 Å². The van der Waals surface area contributed by atoms with Crippen LogP contribution in [-0.4, -0.2) is 34.1 Å². The van der Waals surface area contributed by atoms with Crippen LogP contribution in [0, 0.1) is 0 Å². The van der Waals surface area contributed by atoms with Gasteiger partial charge >= 0.3 is 0 Å². The SMILES string of the molecule is CN=C(NCc1cccn1C)N(C)Cc1cc(Br)cn1C.I. The Balaban J connectivity index is 0.00000242. The lowest BCUT2D eigenvalue weighted by Gasteiger charge is -2.22. The molecule has 0 amide bonds. The Bertz CT molecular complexity index is 632. The fourth-order valence-electron chi connectivity index (χ4n) is 2.28. The molecule has 0 spiro atoms. The number of hydrogen-bond acceptors (Lipinski definition) is 1. The highest BCUT2D eigenvalue weighted by molar-refractivity contribution is 14.0. The van der Waals surface area contributed by atoms with Crippen LogP contribution < -0.4 is 5.32 Å². The maximum Gasteiger partial charge on any atom is 0.194 e. The second kappa shape index (κ2) is 8.61. The molecule has 5 nitrogen and oxygen atoms in total. The van der Waals surface area contributed by atoms with Crippen molar-refractivity contribution < 1.29 is 0 Å². The fourth-order valence-corrected chi connectivity index (χ4v) is 2.85. The second-order valence-electron chi connectivity index (χ2n) is 5.13. The molecule has 0 saturated carbocycles. The lowest BCUT2D eigenvalue weighted by molar-refractivity contribution is 0.460. The summed E-state index contributed by atoms with van der Waals surface area (Å²) in [6, 6.07) is 6.28. The van der Waals surface area contributed by atoms with Gasteiger partial charge in [0.15, 0.2) is 5.96 Å². The van der Waals surface area contributed by atoms with Crippen molar-refractivity contribution in [2.45, 2.75) is 13.1 Å². The van der Waals surface area contributed by atoms with Gasteiger partial charge in [0, 0.05) is 56.4 Å². The molecule has 7 heteroatoms. The number of rotatable bonds is 4. The summed E-state index contributed by atoms with van der Waals surface area (Å²) in [7, 11) is 7.95. The molecular weight excluding hydrogens is 457 g/mol. The lowest BCUT2D eigenvalue weighted by atomic mass is 10.4. The third kappa shape index (κ3) is 4.77. The van der Waals surface area contributed by atoms with Gasteiger partial charge < -0.3 is 19.4 Å². The van der Waals surface area contributed by atoms with Crippen molar-refractivity contribution in [3.63, 3.8) is 0 Å². The van der Waals surface area contributed by atoms with Crippen LogP contribution in [0.1, 0.15) is 11.4 Å². The van der Waals surface area contributed by atoms with Crippen LogP contribution >= 0.6 is 39.9 Å². The highest BCUT2D eigenvalue weighted by Crippen LogP contribution is 2.15. The summed E-state index contributed by atoms with van der Waals surface area (Å²) in [6.45, 7) is 1.56. The van der Waals surface area contributed by atoms with Gasteiger partial charge in [-0.25, -0.2) is 0 Å². The molecule has 0 aliphatic carbocycles. The van der Waals surface area contributed by atoms with Gasteiger partial charge in [-0.3, -0.25) is 4.99 Å². The quantitative estimate of drug-likeness (QED) is 0.416. The number of aryl methyl sites for hydroxylation is 2. The molecule has 0 aliphatic heterocycles. The monoisotopic (exact) mass is 479 g/mol. The minimum absolute atomic E-state index is 0. The first-order chi connectivity index (χ1) is 10.0. The zero-order chi connectivity index (χ0) is 15.4. The van der Waals surface area contributed by atoms with Crippen LogP contribution in [0.5, 0.6) is 0 Å². The fraction of sp³-hybridized carbons (Fsp3) is 0.400. The Labute approximate surface area is 157 Å². The molecule has 0 aromatic carbocycles. The maximum atomic E-state index is 4.35. The zero-order valence-corrected chi connectivity index (χ0v) is 17.3. The maximum absolute atomic E-state index is 4.35. The van der Waals surface area contributed by atoms with Gasteiger partial charge in [-0.15, -0.1) is 24.0 Å². The first kappa shape index (κ1) is 19.1. The van der Waals surface area contributed by atoms with Gasteiger partial charge in [-0.1, -0.05) is 0 Å². The van der Waals surface area contributed by atoms with E-state index in [2.05, 4.69) is 58.6 Å². The highest BCUT2D eigenvalue weighted by Gasteiger charge is 2.10. The van der Waals surface area contributed by atoms with Crippen molar-refractivity contribution in [3.05, 3.63) is 46.5 Å². The van der Waals surface area contributed by atoms with Crippen molar-refractivity contribution in [2.75, 3.05) is 14.1 Å². The average Bonchev–Trinajstić information content (AvgIpc) is 2.97. The average molecular weight is 480 g/mol. The first-order valence-corrected chi connectivity index (χ1v) is 7.63. The standard InChI is InChI=1S/C15H22BrN5.HI/c1-17-15(18-9-13-6-5-7-19(13)2)21(4)11-14-8-12(16)10-20(14)3;/h5-8,10H,9,11H2,1-4H3,(H,17,18);1H. The molecule has 2 aromatic heterocycles. The van der Waals surface area contributed by atoms with Gasteiger partial charge in [0.05, 0.1) is 13.1 Å². The van der Waals surface area contributed by atoms with Crippen molar-refractivity contribution >= 4 is 45.9 Å². The Morgan fingerprint density at radius 1 is 1.32 bits per heavy atom. The Morgan fingerprint density at radius 3 is 2.55 bits per heavy atom. The molecule has 22 heavy (non-hydrogen) atoms. The van der Waals surface area contributed by atoms with E-state index in [1.807, 2.05) is 40.5 Å². The minimum Gasteiger partial charge on any atom is -0.353 e. The highest BCUT2D eigenvalue weighted by atomic mass is 127. The molecule has 0 fully saturated rings. The molecule has 2 rings (SSSR count). The lowest BCUT2D eigenvalue weighted by Crippen LogP contribution is -2.38. The third-order valence-electron chi connectivity index (χ3n) is 3.53. The smallest absolute Gasteiger partial charge is 0.194 e. The normalized spacial score (nSPS) is 11.2. The third-order valence-corrected chi connectivity index (χ3v) is 3.96. The number of aromatic nitrogens is 2. The van der Waals surface area contributed by atoms with Gasteiger partial charge in [0.1, 0.15) is 0 Å². The van der Waals surface area contributed by atoms with Crippen molar-refractivity contribution in [2.24, 2.45) is 19.1 Å². The van der Waals surface area contributed by atoms with Crippen LogP contribution in [0.25, 0.3) is 0 Å². The molecule has 1 N–H and O–H groups in total. The Kier molecular flexibility index (Phi) is 7.47. The summed E-state index contributed by atoms with van der Waals surface area (Å²) < 4.78 is 5.32. The van der Waals surface area contributed by atoms with E-state index < -0.39 is 0 Å². The van der Waals surface area contributed by atoms with Crippen molar-refractivity contribution in [1.82, 2.24) is 19.4 Å².